The topological polar surface area (TPSA) is 90.1 Å². The molecular weight excluding hydrogens is 284 g/mol. The zero-order valence-corrected chi connectivity index (χ0v) is 11.8. The van der Waals surface area contributed by atoms with Crippen molar-refractivity contribution in [2.45, 2.75) is 4.34 Å². The van der Waals surface area contributed by atoms with E-state index >= 15 is 0 Å². The fourth-order valence-electron chi connectivity index (χ4n) is 1.35. The van der Waals surface area contributed by atoms with E-state index in [-0.39, 0.29) is 11.7 Å². The molecular formula is C11H12N4O2S2. The number of amides is 1. The van der Waals surface area contributed by atoms with Gasteiger partial charge in [0.15, 0.2) is 4.34 Å². The van der Waals surface area contributed by atoms with Crippen molar-refractivity contribution in [3.05, 3.63) is 24.5 Å². The summed E-state index contributed by atoms with van der Waals surface area (Å²) in [5.41, 5.74) is 6.82. The van der Waals surface area contributed by atoms with Crippen molar-refractivity contribution in [2.75, 3.05) is 23.9 Å². The highest BCUT2D eigenvalue weighted by atomic mass is 32.2. The molecule has 1 heterocycles. The van der Waals surface area contributed by atoms with E-state index in [0.717, 1.165) is 4.34 Å². The number of aromatic nitrogens is 2. The lowest BCUT2D eigenvalue weighted by molar-refractivity contribution is -0.113. The number of ether oxygens (including phenoxy) is 1. The Bertz CT molecular complexity index is 560. The lowest BCUT2D eigenvalue weighted by Gasteiger charge is -2.10. The number of nitrogens with two attached hydrogens (primary N) is 1. The van der Waals surface area contributed by atoms with E-state index in [1.165, 1.54) is 36.7 Å². The van der Waals surface area contributed by atoms with Gasteiger partial charge in [0.05, 0.1) is 18.6 Å². The zero-order chi connectivity index (χ0) is 13.7. The summed E-state index contributed by atoms with van der Waals surface area (Å²) >= 11 is 2.60. The Kier molecular flexibility index (Phi) is 4.58. The van der Waals surface area contributed by atoms with Crippen LogP contribution in [0, 0.1) is 0 Å². The largest absolute Gasteiger partial charge is 0.494 e. The molecule has 1 aromatic heterocycles. The number of anilines is 2. The summed E-state index contributed by atoms with van der Waals surface area (Å²) in [6.45, 7) is 0. The molecule has 0 aliphatic carbocycles. The predicted octanol–water partition coefficient (Wildman–Crippen LogP) is 1.86. The third-order valence-corrected chi connectivity index (χ3v) is 3.96. The normalized spacial score (nSPS) is 10.2. The average molecular weight is 296 g/mol. The quantitative estimate of drug-likeness (QED) is 0.646. The minimum absolute atomic E-state index is 0.136. The standard InChI is InChI=1S/C11H12N4O2S2/c1-17-9-4-7(12)2-3-8(9)15-10(16)5-18-11-13-6-14-19-11/h2-4,6H,5,12H2,1H3,(H,15,16). The van der Waals surface area contributed by atoms with Crippen LogP contribution in [0.5, 0.6) is 5.75 Å². The summed E-state index contributed by atoms with van der Waals surface area (Å²) in [5.74, 6) is 0.667. The number of thioether (sulfide) groups is 1. The number of nitrogens with one attached hydrogen (secondary N) is 1. The second kappa shape index (κ2) is 6.39. The maximum absolute atomic E-state index is 11.8. The number of hydrogen-bond donors (Lipinski definition) is 2. The zero-order valence-electron chi connectivity index (χ0n) is 10.1. The van der Waals surface area contributed by atoms with Crippen LogP contribution in [0.3, 0.4) is 0 Å². The van der Waals surface area contributed by atoms with E-state index in [1.54, 1.807) is 18.2 Å². The number of benzene rings is 1. The van der Waals surface area contributed by atoms with E-state index < -0.39 is 0 Å². The predicted molar refractivity (Wildman–Crippen MR) is 76.7 cm³/mol. The van der Waals surface area contributed by atoms with Crippen LogP contribution in [0.2, 0.25) is 0 Å². The first-order valence-electron chi connectivity index (χ1n) is 5.32. The molecule has 1 amide bonds. The highest BCUT2D eigenvalue weighted by molar-refractivity contribution is 8.01. The molecule has 0 aliphatic heterocycles. The van der Waals surface area contributed by atoms with Gasteiger partial charge in [0.1, 0.15) is 12.1 Å². The van der Waals surface area contributed by atoms with Crippen LogP contribution >= 0.6 is 23.3 Å². The summed E-state index contributed by atoms with van der Waals surface area (Å²) < 4.78 is 9.78. The maximum atomic E-state index is 11.8. The Labute approximate surface area is 118 Å². The number of hydrogen-bond acceptors (Lipinski definition) is 7. The molecule has 19 heavy (non-hydrogen) atoms. The van der Waals surface area contributed by atoms with Gasteiger partial charge in [-0.05, 0) is 23.7 Å². The molecule has 2 aromatic rings. The first-order chi connectivity index (χ1) is 9.19. The van der Waals surface area contributed by atoms with Gasteiger partial charge in [0, 0.05) is 11.8 Å². The van der Waals surface area contributed by atoms with Crippen LogP contribution in [-0.2, 0) is 4.79 Å². The molecule has 2 rings (SSSR count). The van der Waals surface area contributed by atoms with E-state index in [9.17, 15) is 4.79 Å². The summed E-state index contributed by atoms with van der Waals surface area (Å²) in [4.78, 5) is 15.8. The first kappa shape index (κ1) is 13.6. The Morgan fingerprint density at radius 1 is 1.58 bits per heavy atom. The van der Waals surface area contributed by atoms with Crippen molar-refractivity contribution in [1.82, 2.24) is 9.36 Å². The van der Waals surface area contributed by atoms with E-state index in [4.69, 9.17) is 10.5 Å². The van der Waals surface area contributed by atoms with Crippen LogP contribution < -0.4 is 15.8 Å². The van der Waals surface area contributed by atoms with Gasteiger partial charge in [-0.1, -0.05) is 11.8 Å². The fraction of sp³-hybridized carbons (Fsp3) is 0.182. The van der Waals surface area contributed by atoms with Gasteiger partial charge in [-0.2, -0.15) is 4.37 Å². The van der Waals surface area contributed by atoms with E-state index in [0.29, 0.717) is 17.1 Å². The Morgan fingerprint density at radius 3 is 3.11 bits per heavy atom. The molecule has 0 fully saturated rings. The molecule has 0 saturated carbocycles. The lowest BCUT2D eigenvalue weighted by Crippen LogP contribution is -2.14. The highest BCUT2D eigenvalue weighted by Crippen LogP contribution is 2.27. The maximum Gasteiger partial charge on any atom is 0.234 e. The molecule has 1 aromatic carbocycles. The monoisotopic (exact) mass is 296 g/mol. The molecule has 0 saturated heterocycles. The fourth-order valence-corrected chi connectivity index (χ4v) is 2.60. The van der Waals surface area contributed by atoms with Gasteiger partial charge in [0.2, 0.25) is 5.91 Å². The molecule has 3 N–H and O–H groups in total. The number of methoxy groups -OCH3 is 1. The third kappa shape index (κ3) is 3.83. The van der Waals surface area contributed by atoms with Crippen molar-refractivity contribution in [1.29, 1.82) is 0 Å². The average Bonchev–Trinajstić information content (AvgIpc) is 2.91. The summed E-state index contributed by atoms with van der Waals surface area (Å²) in [7, 11) is 1.53. The number of carbonyl (C=O) groups is 1. The summed E-state index contributed by atoms with van der Waals surface area (Å²) in [5, 5.41) is 2.77. The summed E-state index contributed by atoms with van der Waals surface area (Å²) in [6, 6.07) is 5.07. The van der Waals surface area contributed by atoms with Gasteiger partial charge < -0.3 is 15.8 Å². The molecule has 0 atom stereocenters. The number of rotatable bonds is 5. The second-order valence-corrected chi connectivity index (χ2v) is 5.51. The lowest BCUT2D eigenvalue weighted by atomic mass is 10.2. The third-order valence-electron chi connectivity index (χ3n) is 2.17. The van der Waals surface area contributed by atoms with Crippen LogP contribution in [0.4, 0.5) is 11.4 Å². The van der Waals surface area contributed by atoms with Crippen LogP contribution in [0.25, 0.3) is 0 Å². The van der Waals surface area contributed by atoms with Crippen molar-refractivity contribution in [3.63, 3.8) is 0 Å². The van der Waals surface area contributed by atoms with Gasteiger partial charge in [-0.15, -0.1) is 0 Å². The van der Waals surface area contributed by atoms with Crippen LogP contribution in [-0.4, -0.2) is 28.1 Å². The Morgan fingerprint density at radius 2 is 2.42 bits per heavy atom. The number of carbonyl (C=O) groups excluding carboxylic acids is 1. The molecule has 8 heteroatoms. The second-order valence-electron chi connectivity index (χ2n) is 3.50. The van der Waals surface area contributed by atoms with Gasteiger partial charge >= 0.3 is 0 Å². The van der Waals surface area contributed by atoms with E-state index in [2.05, 4.69) is 14.7 Å². The van der Waals surface area contributed by atoms with Gasteiger partial charge in [0.25, 0.3) is 0 Å². The molecule has 0 bridgehead atoms. The molecule has 0 radical (unpaired) electrons. The number of nitrogen functional groups attached to an aromatic ring is 1. The van der Waals surface area contributed by atoms with Crippen molar-refractivity contribution < 1.29 is 9.53 Å². The molecule has 0 unspecified atom stereocenters. The van der Waals surface area contributed by atoms with Crippen molar-refractivity contribution in [3.8, 4) is 5.75 Å². The summed E-state index contributed by atoms with van der Waals surface area (Å²) in [6.07, 6.45) is 1.47. The van der Waals surface area contributed by atoms with E-state index in [1.807, 2.05) is 0 Å². The van der Waals surface area contributed by atoms with Crippen LogP contribution in [0.15, 0.2) is 28.9 Å². The van der Waals surface area contributed by atoms with Gasteiger partial charge in [-0.25, -0.2) is 4.98 Å². The molecule has 6 nitrogen and oxygen atoms in total. The minimum Gasteiger partial charge on any atom is -0.494 e. The van der Waals surface area contributed by atoms with Crippen LogP contribution in [0.1, 0.15) is 0 Å². The molecule has 100 valence electrons. The van der Waals surface area contributed by atoms with Crippen molar-refractivity contribution >= 4 is 40.6 Å². The van der Waals surface area contributed by atoms with Gasteiger partial charge in [-0.3, -0.25) is 4.79 Å². The Hall–Kier alpha value is -1.80. The minimum atomic E-state index is -0.136. The number of nitrogens with zero attached hydrogens (tertiary/aromatic N) is 2. The first-order valence-corrected chi connectivity index (χ1v) is 7.08. The SMILES string of the molecule is COc1cc(N)ccc1NC(=O)CSc1ncns1. The highest BCUT2D eigenvalue weighted by Gasteiger charge is 2.09. The molecule has 0 spiro atoms. The molecule has 0 aliphatic rings. The smallest absolute Gasteiger partial charge is 0.234 e. The van der Waals surface area contributed by atoms with Crippen molar-refractivity contribution in [2.24, 2.45) is 0 Å². The Balaban J connectivity index is 1.95.